The van der Waals surface area contributed by atoms with E-state index in [1.54, 1.807) is 13.8 Å². The molecule has 0 heterocycles. The molecule has 0 spiro atoms. The molecule has 0 unspecified atom stereocenters. The molecule has 0 aliphatic rings. The predicted molar refractivity (Wildman–Crippen MR) is 69.2 cm³/mol. The third kappa shape index (κ3) is 4.63. The summed E-state index contributed by atoms with van der Waals surface area (Å²) in [5, 5.41) is 0. The van der Waals surface area contributed by atoms with Crippen molar-refractivity contribution in [3.63, 3.8) is 0 Å². The van der Waals surface area contributed by atoms with Gasteiger partial charge in [-0.1, -0.05) is 0 Å². The van der Waals surface area contributed by atoms with Crippen molar-refractivity contribution in [3.05, 3.63) is 23.8 Å². The number of benzene rings is 1. The summed E-state index contributed by atoms with van der Waals surface area (Å²) >= 11 is 5.43. The van der Waals surface area contributed by atoms with E-state index in [2.05, 4.69) is 4.99 Å². The minimum atomic E-state index is -4.52. The summed E-state index contributed by atoms with van der Waals surface area (Å²) in [6.45, 7) is 3.30. The highest BCUT2D eigenvalue weighted by Gasteiger charge is 2.35. The lowest BCUT2D eigenvalue weighted by molar-refractivity contribution is -0.139. The number of rotatable bonds is 4. The minimum absolute atomic E-state index is 0.0484. The number of nitrogens with two attached hydrogens (primary N) is 1. The molecule has 3 nitrogen and oxygen atoms in total. The first-order valence-electron chi connectivity index (χ1n) is 5.51. The fraction of sp³-hybridized carbons (Fsp3) is 0.417. The first-order chi connectivity index (χ1) is 8.74. The van der Waals surface area contributed by atoms with Crippen LogP contribution in [-0.2, 0) is 6.18 Å². The summed E-state index contributed by atoms with van der Waals surface area (Å²) in [7, 11) is 0. The second-order valence-electron chi connectivity index (χ2n) is 4.08. The molecule has 0 fully saturated rings. The number of nitrogens with zero attached hydrogens (tertiary/aromatic N) is 1. The molecule has 0 aliphatic heterocycles. The summed E-state index contributed by atoms with van der Waals surface area (Å²) in [6, 6.07) is 3.51. The summed E-state index contributed by atoms with van der Waals surface area (Å²) in [5.74, 6) is -0.232. The van der Waals surface area contributed by atoms with Crippen molar-refractivity contribution in [3.8, 4) is 5.75 Å². The second-order valence-corrected chi connectivity index (χ2v) is 4.35. The van der Waals surface area contributed by atoms with Crippen molar-refractivity contribution in [2.75, 3.05) is 5.88 Å². The van der Waals surface area contributed by atoms with Gasteiger partial charge >= 0.3 is 6.18 Å². The second kappa shape index (κ2) is 6.14. The van der Waals surface area contributed by atoms with E-state index in [9.17, 15) is 13.2 Å². The van der Waals surface area contributed by atoms with Crippen LogP contribution in [0.5, 0.6) is 5.75 Å². The monoisotopic (exact) mass is 294 g/mol. The topological polar surface area (TPSA) is 47.6 Å². The molecule has 0 amide bonds. The number of hydrogen-bond donors (Lipinski definition) is 1. The van der Waals surface area contributed by atoms with Crippen molar-refractivity contribution >= 4 is 23.1 Å². The Balaban J connectivity index is 3.23. The quantitative estimate of drug-likeness (QED) is 0.523. The van der Waals surface area contributed by atoms with Crippen LogP contribution in [0.25, 0.3) is 0 Å². The van der Waals surface area contributed by atoms with Gasteiger partial charge < -0.3 is 10.5 Å². The molecule has 0 atom stereocenters. The van der Waals surface area contributed by atoms with Crippen molar-refractivity contribution in [2.24, 2.45) is 10.7 Å². The summed E-state index contributed by atoms with van der Waals surface area (Å²) < 4.78 is 43.9. The number of alkyl halides is 4. The van der Waals surface area contributed by atoms with Crippen molar-refractivity contribution in [2.45, 2.75) is 26.1 Å². The molecule has 0 bridgehead atoms. The maximum absolute atomic E-state index is 12.9. The molecule has 0 radical (unpaired) electrons. The van der Waals surface area contributed by atoms with Crippen LogP contribution in [0, 0.1) is 0 Å². The van der Waals surface area contributed by atoms with Crippen LogP contribution in [0.2, 0.25) is 0 Å². The zero-order chi connectivity index (χ0) is 14.6. The first-order valence-corrected chi connectivity index (χ1v) is 6.04. The van der Waals surface area contributed by atoms with E-state index in [1.807, 2.05) is 0 Å². The Morgan fingerprint density at radius 3 is 2.53 bits per heavy atom. The van der Waals surface area contributed by atoms with E-state index in [0.717, 1.165) is 6.07 Å². The van der Waals surface area contributed by atoms with Gasteiger partial charge in [0.05, 0.1) is 23.2 Å². The lowest BCUT2D eigenvalue weighted by atomic mass is 10.1. The zero-order valence-corrected chi connectivity index (χ0v) is 11.2. The van der Waals surface area contributed by atoms with Gasteiger partial charge in [-0.3, -0.25) is 0 Å². The molecule has 0 saturated heterocycles. The third-order valence-corrected chi connectivity index (χ3v) is 2.31. The summed E-state index contributed by atoms with van der Waals surface area (Å²) in [6.07, 6.45) is -4.88. The molecular weight excluding hydrogens is 281 g/mol. The summed E-state index contributed by atoms with van der Waals surface area (Å²) in [5.41, 5.74) is 4.59. The van der Waals surface area contributed by atoms with E-state index in [0.29, 0.717) is 0 Å². The van der Waals surface area contributed by atoms with E-state index < -0.39 is 11.7 Å². The molecule has 1 aromatic rings. The van der Waals surface area contributed by atoms with Gasteiger partial charge in [-0.15, -0.1) is 11.6 Å². The maximum Gasteiger partial charge on any atom is 0.420 e. The predicted octanol–water partition coefficient (Wildman–Crippen LogP) is 3.72. The Morgan fingerprint density at radius 1 is 1.42 bits per heavy atom. The van der Waals surface area contributed by atoms with Gasteiger partial charge in [0.25, 0.3) is 0 Å². The van der Waals surface area contributed by atoms with Gasteiger partial charge in [0, 0.05) is 0 Å². The van der Waals surface area contributed by atoms with Gasteiger partial charge in [-0.05, 0) is 32.0 Å². The van der Waals surface area contributed by atoms with E-state index >= 15 is 0 Å². The average Bonchev–Trinajstić information content (AvgIpc) is 2.28. The van der Waals surface area contributed by atoms with Gasteiger partial charge in [0.15, 0.2) is 0 Å². The average molecular weight is 295 g/mol. The Labute approximate surface area is 114 Å². The van der Waals surface area contributed by atoms with E-state index in [4.69, 9.17) is 22.1 Å². The molecule has 1 aromatic carbocycles. The smallest absolute Gasteiger partial charge is 0.420 e. The van der Waals surface area contributed by atoms with Crippen molar-refractivity contribution in [1.29, 1.82) is 0 Å². The minimum Gasteiger partial charge on any atom is -0.490 e. The SMILES string of the molecule is CC(C)Oc1ccc(N=C(N)CCl)cc1C(F)(F)F. The van der Waals surface area contributed by atoms with Crippen LogP contribution < -0.4 is 10.5 Å². The molecule has 1 rings (SSSR count). The van der Waals surface area contributed by atoms with Crippen LogP contribution in [-0.4, -0.2) is 17.8 Å². The molecule has 0 aromatic heterocycles. The number of ether oxygens (including phenoxy) is 1. The highest BCUT2D eigenvalue weighted by Crippen LogP contribution is 2.38. The van der Waals surface area contributed by atoms with Gasteiger partial charge in [0.2, 0.25) is 0 Å². The van der Waals surface area contributed by atoms with Crippen LogP contribution in [0.15, 0.2) is 23.2 Å². The molecule has 106 valence electrons. The standard InChI is InChI=1S/C12H14ClF3N2O/c1-7(2)19-10-4-3-8(18-11(17)6-13)5-9(10)12(14,15)16/h3-5,7H,6H2,1-2H3,(H2,17,18). The van der Waals surface area contributed by atoms with Crippen molar-refractivity contribution in [1.82, 2.24) is 0 Å². The highest BCUT2D eigenvalue weighted by atomic mass is 35.5. The molecule has 7 heteroatoms. The molecule has 0 aliphatic carbocycles. The Kier molecular flexibility index (Phi) is 5.05. The third-order valence-electron chi connectivity index (χ3n) is 2.04. The number of halogens is 4. The van der Waals surface area contributed by atoms with Crippen LogP contribution in [0.3, 0.4) is 0 Å². The summed E-state index contributed by atoms with van der Waals surface area (Å²) in [4.78, 5) is 3.78. The largest absolute Gasteiger partial charge is 0.490 e. The molecule has 19 heavy (non-hydrogen) atoms. The fourth-order valence-corrected chi connectivity index (χ4v) is 1.42. The van der Waals surface area contributed by atoms with Crippen LogP contribution >= 0.6 is 11.6 Å². The van der Waals surface area contributed by atoms with Crippen LogP contribution in [0.4, 0.5) is 18.9 Å². The van der Waals surface area contributed by atoms with E-state index in [1.165, 1.54) is 12.1 Å². The number of hydrogen-bond acceptors (Lipinski definition) is 2. The Morgan fingerprint density at radius 2 is 2.05 bits per heavy atom. The lowest BCUT2D eigenvalue weighted by Crippen LogP contribution is -2.14. The fourth-order valence-electron chi connectivity index (χ4n) is 1.36. The first kappa shape index (κ1) is 15.6. The Bertz CT molecular complexity index is 473. The van der Waals surface area contributed by atoms with Gasteiger partial charge in [-0.2, -0.15) is 13.2 Å². The van der Waals surface area contributed by atoms with Crippen molar-refractivity contribution < 1.29 is 17.9 Å². The highest BCUT2D eigenvalue weighted by molar-refractivity contribution is 6.28. The Hall–Kier alpha value is -1.43. The molecule has 0 saturated carbocycles. The van der Waals surface area contributed by atoms with Crippen LogP contribution in [0.1, 0.15) is 19.4 Å². The van der Waals surface area contributed by atoms with Gasteiger partial charge in [0.1, 0.15) is 11.6 Å². The number of amidine groups is 1. The van der Waals surface area contributed by atoms with Gasteiger partial charge in [-0.25, -0.2) is 4.99 Å². The normalized spacial score (nSPS) is 12.9. The number of aliphatic imine (C=N–C) groups is 1. The maximum atomic E-state index is 12.9. The molecular formula is C12H14ClF3N2O. The zero-order valence-electron chi connectivity index (χ0n) is 10.5. The lowest BCUT2D eigenvalue weighted by Gasteiger charge is -2.16. The molecule has 2 N–H and O–H groups in total. The van der Waals surface area contributed by atoms with E-state index in [-0.39, 0.29) is 29.3 Å².